The number of halogens is 1. The summed E-state index contributed by atoms with van der Waals surface area (Å²) in [6, 6.07) is 6.85. The van der Waals surface area contributed by atoms with E-state index >= 15 is 0 Å². The van der Waals surface area contributed by atoms with Crippen LogP contribution in [0.25, 0.3) is 0 Å². The third-order valence-electron chi connectivity index (χ3n) is 3.63. The monoisotopic (exact) mass is 266 g/mol. The first-order chi connectivity index (χ1) is 9.25. The lowest BCUT2D eigenvalue weighted by atomic mass is 10.1. The number of rotatable bonds is 6. The van der Waals surface area contributed by atoms with Crippen molar-refractivity contribution >= 4 is 0 Å². The molecule has 0 bridgehead atoms. The van der Waals surface area contributed by atoms with Gasteiger partial charge in [0.2, 0.25) is 0 Å². The maximum atomic E-state index is 12.7. The van der Waals surface area contributed by atoms with Crippen LogP contribution >= 0.6 is 0 Å². The Morgan fingerprint density at radius 2 is 2.16 bits per heavy atom. The van der Waals surface area contributed by atoms with Crippen molar-refractivity contribution in [2.24, 2.45) is 0 Å². The van der Waals surface area contributed by atoms with Crippen LogP contribution in [-0.2, 0) is 0 Å². The lowest BCUT2D eigenvalue weighted by Gasteiger charge is -2.31. The molecule has 1 heterocycles. The number of piperidine rings is 1. The van der Waals surface area contributed by atoms with Gasteiger partial charge in [-0.05, 0) is 57.1 Å². The second-order valence-electron chi connectivity index (χ2n) is 5.14. The number of hydrogen-bond donors (Lipinski definition) is 1. The fourth-order valence-corrected chi connectivity index (χ4v) is 2.43. The molecular formula is C15H23FN2O. The van der Waals surface area contributed by atoms with E-state index in [1.54, 1.807) is 12.1 Å². The average Bonchev–Trinajstić information content (AvgIpc) is 2.46. The van der Waals surface area contributed by atoms with Gasteiger partial charge in [-0.3, -0.25) is 0 Å². The Kier molecular flexibility index (Phi) is 5.61. The molecule has 0 saturated carbocycles. The van der Waals surface area contributed by atoms with Crippen LogP contribution in [0.5, 0.6) is 5.75 Å². The summed E-state index contributed by atoms with van der Waals surface area (Å²) in [5.41, 5.74) is 0. The summed E-state index contributed by atoms with van der Waals surface area (Å²) in [6.45, 7) is 3.96. The molecule has 2 rings (SSSR count). The van der Waals surface area contributed by atoms with Crippen molar-refractivity contribution in [1.29, 1.82) is 0 Å². The van der Waals surface area contributed by atoms with Crippen molar-refractivity contribution in [2.75, 3.05) is 33.3 Å². The molecule has 1 aliphatic heterocycles. The molecule has 3 nitrogen and oxygen atoms in total. The van der Waals surface area contributed by atoms with Crippen molar-refractivity contribution in [3.63, 3.8) is 0 Å². The highest BCUT2D eigenvalue weighted by atomic mass is 19.1. The third kappa shape index (κ3) is 4.80. The summed E-state index contributed by atoms with van der Waals surface area (Å²) in [5, 5.41) is 3.43. The SMILES string of the molecule is CN(CCCOc1ccc(F)cc1)C1CCCNC1. The van der Waals surface area contributed by atoms with Gasteiger partial charge in [-0.1, -0.05) is 0 Å². The lowest BCUT2D eigenvalue weighted by Crippen LogP contribution is -2.44. The molecule has 1 aromatic carbocycles. The molecule has 1 N–H and O–H groups in total. The molecular weight excluding hydrogens is 243 g/mol. The zero-order valence-corrected chi connectivity index (χ0v) is 11.6. The van der Waals surface area contributed by atoms with E-state index in [1.165, 1.54) is 25.0 Å². The Bertz CT molecular complexity index is 363. The Morgan fingerprint density at radius 3 is 2.84 bits per heavy atom. The van der Waals surface area contributed by atoms with E-state index in [9.17, 15) is 4.39 Å². The minimum atomic E-state index is -0.225. The first-order valence-electron chi connectivity index (χ1n) is 7.05. The summed E-state index contributed by atoms with van der Waals surface area (Å²) in [4.78, 5) is 2.40. The molecule has 1 saturated heterocycles. The summed E-state index contributed by atoms with van der Waals surface area (Å²) in [5.74, 6) is 0.514. The molecule has 19 heavy (non-hydrogen) atoms. The number of nitrogens with zero attached hydrogens (tertiary/aromatic N) is 1. The van der Waals surface area contributed by atoms with Crippen molar-refractivity contribution < 1.29 is 9.13 Å². The number of nitrogens with one attached hydrogen (secondary N) is 1. The normalized spacial score (nSPS) is 19.6. The zero-order valence-electron chi connectivity index (χ0n) is 11.6. The molecule has 0 aliphatic carbocycles. The number of hydrogen-bond acceptors (Lipinski definition) is 3. The van der Waals surface area contributed by atoms with E-state index in [4.69, 9.17) is 4.74 Å². The zero-order chi connectivity index (χ0) is 13.5. The molecule has 1 aromatic rings. The molecule has 4 heteroatoms. The number of ether oxygens (including phenoxy) is 1. The molecule has 0 radical (unpaired) electrons. The molecule has 0 amide bonds. The van der Waals surface area contributed by atoms with Crippen LogP contribution < -0.4 is 10.1 Å². The summed E-state index contributed by atoms with van der Waals surface area (Å²) >= 11 is 0. The Morgan fingerprint density at radius 1 is 1.37 bits per heavy atom. The Hall–Kier alpha value is -1.13. The van der Waals surface area contributed by atoms with Crippen LogP contribution in [0.1, 0.15) is 19.3 Å². The van der Waals surface area contributed by atoms with Crippen LogP contribution in [-0.4, -0.2) is 44.2 Å². The fourth-order valence-electron chi connectivity index (χ4n) is 2.43. The predicted octanol–water partition coefficient (Wildman–Crippen LogP) is 2.28. The summed E-state index contributed by atoms with van der Waals surface area (Å²) < 4.78 is 18.3. The standard InChI is InChI=1S/C15H23FN2O/c1-18(14-4-2-9-17-12-14)10-3-11-19-15-7-5-13(16)6-8-15/h5-8,14,17H,2-4,9-12H2,1H3. The molecule has 1 aliphatic rings. The van der Waals surface area contributed by atoms with Crippen LogP contribution in [0.4, 0.5) is 4.39 Å². The largest absolute Gasteiger partial charge is 0.494 e. The first kappa shape index (κ1) is 14.3. The van der Waals surface area contributed by atoms with Crippen LogP contribution in [0.2, 0.25) is 0 Å². The van der Waals surface area contributed by atoms with Gasteiger partial charge in [-0.2, -0.15) is 0 Å². The van der Waals surface area contributed by atoms with Gasteiger partial charge in [0.15, 0.2) is 0 Å². The molecule has 0 spiro atoms. The molecule has 1 atom stereocenters. The van der Waals surface area contributed by atoms with Crippen molar-refractivity contribution in [3.05, 3.63) is 30.1 Å². The molecule has 1 unspecified atom stereocenters. The summed E-state index contributed by atoms with van der Waals surface area (Å²) in [7, 11) is 2.18. The van der Waals surface area contributed by atoms with Gasteiger partial charge >= 0.3 is 0 Å². The van der Waals surface area contributed by atoms with Gasteiger partial charge in [0.25, 0.3) is 0 Å². The highest BCUT2D eigenvalue weighted by Gasteiger charge is 2.16. The van der Waals surface area contributed by atoms with Gasteiger partial charge in [0.1, 0.15) is 11.6 Å². The van der Waals surface area contributed by atoms with Gasteiger partial charge < -0.3 is 15.0 Å². The highest BCUT2D eigenvalue weighted by Crippen LogP contribution is 2.12. The third-order valence-corrected chi connectivity index (χ3v) is 3.63. The number of likely N-dealkylation sites (N-methyl/N-ethyl adjacent to an activating group) is 1. The van der Waals surface area contributed by atoms with E-state index in [0.29, 0.717) is 12.6 Å². The van der Waals surface area contributed by atoms with Gasteiger partial charge in [-0.25, -0.2) is 4.39 Å². The topological polar surface area (TPSA) is 24.5 Å². The van der Waals surface area contributed by atoms with Crippen LogP contribution in [0.15, 0.2) is 24.3 Å². The minimum absolute atomic E-state index is 0.225. The highest BCUT2D eigenvalue weighted by molar-refractivity contribution is 5.21. The number of benzene rings is 1. The second-order valence-corrected chi connectivity index (χ2v) is 5.14. The maximum Gasteiger partial charge on any atom is 0.123 e. The predicted molar refractivity (Wildman–Crippen MR) is 75.0 cm³/mol. The van der Waals surface area contributed by atoms with E-state index in [1.807, 2.05) is 0 Å². The average molecular weight is 266 g/mol. The van der Waals surface area contributed by atoms with E-state index in [2.05, 4.69) is 17.3 Å². The lowest BCUT2D eigenvalue weighted by molar-refractivity contribution is 0.186. The fraction of sp³-hybridized carbons (Fsp3) is 0.600. The van der Waals surface area contributed by atoms with Gasteiger partial charge in [-0.15, -0.1) is 0 Å². The molecule has 0 aromatic heterocycles. The quantitative estimate of drug-likeness (QED) is 0.800. The first-order valence-corrected chi connectivity index (χ1v) is 7.05. The Labute approximate surface area is 114 Å². The van der Waals surface area contributed by atoms with E-state index < -0.39 is 0 Å². The molecule has 1 fully saturated rings. The Balaban J connectivity index is 1.62. The van der Waals surface area contributed by atoms with Crippen molar-refractivity contribution in [3.8, 4) is 5.75 Å². The van der Waals surface area contributed by atoms with E-state index in [0.717, 1.165) is 31.8 Å². The maximum absolute atomic E-state index is 12.7. The minimum Gasteiger partial charge on any atom is -0.494 e. The molecule has 106 valence electrons. The van der Waals surface area contributed by atoms with E-state index in [-0.39, 0.29) is 5.82 Å². The van der Waals surface area contributed by atoms with Crippen molar-refractivity contribution in [2.45, 2.75) is 25.3 Å². The van der Waals surface area contributed by atoms with Gasteiger partial charge in [0, 0.05) is 19.1 Å². The van der Waals surface area contributed by atoms with Gasteiger partial charge in [0.05, 0.1) is 6.61 Å². The van der Waals surface area contributed by atoms with Crippen LogP contribution in [0, 0.1) is 5.82 Å². The smallest absolute Gasteiger partial charge is 0.123 e. The van der Waals surface area contributed by atoms with Crippen LogP contribution in [0.3, 0.4) is 0 Å². The van der Waals surface area contributed by atoms with Crippen molar-refractivity contribution in [1.82, 2.24) is 10.2 Å². The summed E-state index contributed by atoms with van der Waals surface area (Å²) in [6.07, 6.45) is 3.54. The second kappa shape index (κ2) is 7.46.